The maximum atomic E-state index is 13.0. The molecule has 4 aromatic rings. The molecule has 0 spiro atoms. The number of nitrogens with zero attached hydrogens (tertiary/aromatic N) is 4. The van der Waals surface area contributed by atoms with E-state index in [9.17, 15) is 14.8 Å². The standard InChI is InChI=1S/C22H16Cl2N4O3/c1-13-5-2-3-6-14(13)9-27-10-16(15-7-4-8-25-21(15)27)20(29)22(30)26-19-17(23)11-28(31)12-18(19)24/h2-8,10-12,31H,9H2,1H3. The van der Waals surface area contributed by atoms with E-state index >= 15 is 0 Å². The molecule has 0 unspecified atom stereocenters. The molecule has 1 aromatic carbocycles. The molecule has 3 aromatic heterocycles. The quantitative estimate of drug-likeness (QED) is 0.286. The number of benzene rings is 1. The van der Waals surface area contributed by atoms with Crippen LogP contribution in [0.25, 0.3) is 11.0 Å². The first-order chi connectivity index (χ1) is 14.8. The van der Waals surface area contributed by atoms with E-state index in [1.54, 1.807) is 24.5 Å². The van der Waals surface area contributed by atoms with Crippen molar-refractivity contribution in [2.24, 2.45) is 4.99 Å². The highest BCUT2D eigenvalue weighted by Crippen LogP contribution is 2.22. The lowest BCUT2D eigenvalue weighted by molar-refractivity contribution is -0.114. The minimum Gasteiger partial charge on any atom is -0.429 e. The zero-order valence-electron chi connectivity index (χ0n) is 16.3. The largest absolute Gasteiger partial charge is 0.429 e. The zero-order chi connectivity index (χ0) is 22.1. The highest BCUT2D eigenvalue weighted by molar-refractivity contribution is 6.45. The molecule has 0 radical (unpaired) electrons. The van der Waals surface area contributed by atoms with Crippen molar-refractivity contribution in [1.29, 1.82) is 0 Å². The van der Waals surface area contributed by atoms with Gasteiger partial charge in [-0.25, -0.2) is 9.98 Å². The first kappa shape index (κ1) is 20.8. The number of hydrogen-bond donors (Lipinski definition) is 1. The van der Waals surface area contributed by atoms with Gasteiger partial charge in [-0.3, -0.25) is 9.59 Å². The normalized spacial score (nSPS) is 10.9. The molecule has 0 atom stereocenters. The fourth-order valence-corrected chi connectivity index (χ4v) is 3.81. The van der Waals surface area contributed by atoms with E-state index in [1.807, 2.05) is 35.8 Å². The van der Waals surface area contributed by atoms with Gasteiger partial charge in [0.1, 0.15) is 11.0 Å². The predicted molar refractivity (Wildman–Crippen MR) is 117 cm³/mol. The minimum atomic E-state index is -1.03. The van der Waals surface area contributed by atoms with Gasteiger partial charge in [-0.2, -0.15) is 4.73 Å². The van der Waals surface area contributed by atoms with Crippen LogP contribution in [0.4, 0.5) is 0 Å². The minimum absolute atomic E-state index is 0.0696. The fourth-order valence-electron chi connectivity index (χ4n) is 3.28. The number of carbonyl (C=O) groups excluding carboxylic acids is 2. The molecule has 4 rings (SSSR count). The summed E-state index contributed by atoms with van der Waals surface area (Å²) in [5.41, 5.74) is 2.94. The van der Waals surface area contributed by atoms with E-state index in [4.69, 9.17) is 23.2 Å². The summed E-state index contributed by atoms with van der Waals surface area (Å²) in [4.78, 5) is 33.8. The number of ketones is 1. The third-order valence-electron chi connectivity index (χ3n) is 4.83. The van der Waals surface area contributed by atoms with Crippen LogP contribution in [0.2, 0.25) is 10.0 Å². The predicted octanol–water partition coefficient (Wildman–Crippen LogP) is 4.05. The number of aromatic nitrogens is 3. The van der Waals surface area contributed by atoms with Gasteiger partial charge in [0.15, 0.2) is 0 Å². The van der Waals surface area contributed by atoms with Crippen LogP contribution >= 0.6 is 23.2 Å². The molecular formula is C22H16Cl2N4O3. The van der Waals surface area contributed by atoms with Crippen LogP contribution in [0.1, 0.15) is 21.5 Å². The molecule has 0 bridgehead atoms. The number of Topliss-reactive ketones (excluding diaryl/α,β-unsaturated/α-hetero) is 1. The number of carbonyl (C=O) groups is 2. The number of rotatable bonds is 4. The molecule has 7 nitrogen and oxygen atoms in total. The Kier molecular flexibility index (Phi) is 5.63. The third kappa shape index (κ3) is 4.10. The SMILES string of the molecule is Cc1ccccc1Cn1cc(C(=O)C(=O)N=c2c(Cl)cn(O)cc2Cl)c2cccnc21. The second kappa shape index (κ2) is 8.37. The molecule has 0 aliphatic heterocycles. The van der Waals surface area contributed by atoms with E-state index in [-0.39, 0.29) is 21.0 Å². The molecule has 0 aliphatic rings. The summed E-state index contributed by atoms with van der Waals surface area (Å²) in [6.07, 6.45) is 5.46. The molecule has 31 heavy (non-hydrogen) atoms. The Hall–Kier alpha value is -3.42. The number of amides is 1. The van der Waals surface area contributed by atoms with Crippen molar-refractivity contribution in [2.45, 2.75) is 13.5 Å². The van der Waals surface area contributed by atoms with Gasteiger partial charge in [-0.1, -0.05) is 47.5 Å². The summed E-state index contributed by atoms with van der Waals surface area (Å²) in [6.45, 7) is 2.50. The molecule has 0 saturated carbocycles. The van der Waals surface area contributed by atoms with E-state index < -0.39 is 11.7 Å². The molecule has 3 heterocycles. The van der Waals surface area contributed by atoms with Crippen LogP contribution in [0, 0.1) is 6.92 Å². The summed E-state index contributed by atoms with van der Waals surface area (Å²) >= 11 is 12.0. The van der Waals surface area contributed by atoms with Crippen LogP contribution < -0.4 is 5.36 Å². The molecule has 0 fully saturated rings. The van der Waals surface area contributed by atoms with Crippen molar-refractivity contribution < 1.29 is 14.8 Å². The van der Waals surface area contributed by atoms with Gasteiger partial charge in [0, 0.05) is 24.3 Å². The van der Waals surface area contributed by atoms with Crippen molar-refractivity contribution in [1.82, 2.24) is 14.3 Å². The Morgan fingerprint density at radius 3 is 2.48 bits per heavy atom. The van der Waals surface area contributed by atoms with Gasteiger partial charge in [0.05, 0.1) is 28.0 Å². The Balaban J connectivity index is 1.76. The molecule has 1 N–H and O–H groups in total. The first-order valence-corrected chi connectivity index (χ1v) is 9.99. The lowest BCUT2D eigenvalue weighted by Crippen LogP contribution is -2.18. The Bertz CT molecular complexity index is 1380. The summed E-state index contributed by atoms with van der Waals surface area (Å²) in [7, 11) is 0. The van der Waals surface area contributed by atoms with Crippen LogP contribution in [-0.4, -0.2) is 31.2 Å². The van der Waals surface area contributed by atoms with Crippen molar-refractivity contribution in [3.8, 4) is 0 Å². The number of fused-ring (bicyclic) bond motifs is 1. The van der Waals surface area contributed by atoms with Gasteiger partial charge in [-0.15, -0.1) is 0 Å². The molecule has 0 aliphatic carbocycles. The zero-order valence-corrected chi connectivity index (χ0v) is 17.8. The van der Waals surface area contributed by atoms with Crippen molar-refractivity contribution in [2.75, 3.05) is 0 Å². The van der Waals surface area contributed by atoms with E-state index in [0.717, 1.165) is 23.5 Å². The highest BCUT2D eigenvalue weighted by atomic mass is 35.5. The van der Waals surface area contributed by atoms with Crippen LogP contribution in [0.3, 0.4) is 0 Å². The first-order valence-electron chi connectivity index (χ1n) is 9.23. The van der Waals surface area contributed by atoms with E-state index in [2.05, 4.69) is 9.98 Å². The van der Waals surface area contributed by atoms with Crippen LogP contribution in [0.5, 0.6) is 0 Å². The number of hydrogen-bond acceptors (Lipinski definition) is 4. The lowest BCUT2D eigenvalue weighted by Gasteiger charge is -2.07. The molecule has 156 valence electrons. The molecule has 1 amide bonds. The topological polar surface area (TPSA) is 89.5 Å². The lowest BCUT2D eigenvalue weighted by atomic mass is 10.1. The Labute approximate surface area is 186 Å². The van der Waals surface area contributed by atoms with Gasteiger partial charge < -0.3 is 9.77 Å². The molecule has 9 heteroatoms. The summed E-state index contributed by atoms with van der Waals surface area (Å²) in [6, 6.07) is 11.3. The second-order valence-electron chi connectivity index (χ2n) is 6.90. The highest BCUT2D eigenvalue weighted by Gasteiger charge is 2.22. The van der Waals surface area contributed by atoms with Crippen LogP contribution in [-0.2, 0) is 11.3 Å². The van der Waals surface area contributed by atoms with E-state index in [1.165, 1.54) is 0 Å². The number of halogens is 2. The Morgan fingerprint density at radius 2 is 1.77 bits per heavy atom. The van der Waals surface area contributed by atoms with Gasteiger partial charge in [-0.05, 0) is 30.2 Å². The maximum Gasteiger partial charge on any atom is 0.318 e. The molecular weight excluding hydrogens is 439 g/mol. The average molecular weight is 455 g/mol. The smallest absolute Gasteiger partial charge is 0.318 e. The monoisotopic (exact) mass is 454 g/mol. The number of aryl methyl sites for hydroxylation is 1. The summed E-state index contributed by atoms with van der Waals surface area (Å²) in [5, 5.41) is 9.76. The van der Waals surface area contributed by atoms with E-state index in [0.29, 0.717) is 22.3 Å². The van der Waals surface area contributed by atoms with Gasteiger partial charge in [0.25, 0.3) is 5.78 Å². The molecule has 0 saturated heterocycles. The van der Waals surface area contributed by atoms with Crippen molar-refractivity contribution in [3.63, 3.8) is 0 Å². The van der Waals surface area contributed by atoms with Crippen molar-refractivity contribution >= 4 is 45.9 Å². The summed E-state index contributed by atoms with van der Waals surface area (Å²) in [5.74, 6) is -1.84. The Morgan fingerprint density at radius 1 is 1.06 bits per heavy atom. The summed E-state index contributed by atoms with van der Waals surface area (Å²) < 4.78 is 2.47. The second-order valence-corrected chi connectivity index (χ2v) is 7.71. The maximum absolute atomic E-state index is 13.0. The fraction of sp³-hybridized carbons (Fsp3) is 0.0909. The van der Waals surface area contributed by atoms with Gasteiger partial charge in [0.2, 0.25) is 0 Å². The number of pyridine rings is 2. The van der Waals surface area contributed by atoms with Crippen molar-refractivity contribution in [3.05, 3.63) is 93.3 Å². The van der Waals surface area contributed by atoms with Crippen LogP contribution in [0.15, 0.2) is 66.2 Å². The average Bonchev–Trinajstić information content (AvgIpc) is 3.10. The third-order valence-corrected chi connectivity index (χ3v) is 5.38. The van der Waals surface area contributed by atoms with Gasteiger partial charge >= 0.3 is 5.91 Å².